The molecule has 2 atom stereocenters. The molecule has 3 rings (SSSR count). The van der Waals surface area contributed by atoms with Crippen molar-refractivity contribution in [2.24, 2.45) is 4.99 Å². The van der Waals surface area contributed by atoms with Crippen LogP contribution in [-0.2, 0) is 0 Å². The maximum atomic E-state index is 4.64. The number of hydrogen-bond acceptors (Lipinski definition) is 5. The normalized spacial score (nSPS) is 28.4. The molecule has 0 unspecified atom stereocenters. The van der Waals surface area contributed by atoms with E-state index >= 15 is 0 Å². The van der Waals surface area contributed by atoms with Crippen LogP contribution in [0, 0.1) is 0 Å². The number of tetrazole rings is 1. The highest BCUT2D eigenvalue weighted by atomic mass is 15.5. The molecule has 1 N–H and O–H groups in total. The Bertz CT molecular complexity index is 486. The molecule has 0 aromatic carbocycles. The zero-order valence-electron chi connectivity index (χ0n) is 10.3. The van der Waals surface area contributed by atoms with Crippen LogP contribution in [0.2, 0.25) is 0 Å². The summed E-state index contributed by atoms with van der Waals surface area (Å²) in [5, 5.41) is 14.3. The third-order valence-electron chi connectivity index (χ3n) is 3.75. The number of aromatic amines is 1. The van der Waals surface area contributed by atoms with Crippen molar-refractivity contribution in [1.82, 2.24) is 25.5 Å². The Morgan fingerprint density at radius 1 is 1.35 bits per heavy atom. The van der Waals surface area contributed by atoms with Crippen LogP contribution >= 0.6 is 0 Å². The molecule has 2 aliphatic rings. The number of hydrogen-bond donors (Lipinski definition) is 1. The standard InChI is InChI=1S/C11H16N6/c1-6-7(2)12-8(3)17-5-9(4-10(6)17)11-13-15-16-14-11/h7,9H,4-5H2,1-3H3,(H,13,14,15,16)/t7-,9-/m0/s1. The molecule has 6 nitrogen and oxygen atoms in total. The number of nitrogens with one attached hydrogen (secondary N) is 1. The predicted molar refractivity (Wildman–Crippen MR) is 63.5 cm³/mol. The minimum Gasteiger partial charge on any atom is -0.333 e. The van der Waals surface area contributed by atoms with Gasteiger partial charge in [-0.25, -0.2) is 0 Å². The van der Waals surface area contributed by atoms with Gasteiger partial charge >= 0.3 is 0 Å². The second-order valence-electron chi connectivity index (χ2n) is 4.76. The fourth-order valence-electron chi connectivity index (χ4n) is 2.64. The smallest absolute Gasteiger partial charge is 0.179 e. The Morgan fingerprint density at radius 3 is 2.88 bits per heavy atom. The number of amidine groups is 1. The Kier molecular flexibility index (Phi) is 2.24. The van der Waals surface area contributed by atoms with Crippen molar-refractivity contribution in [3.63, 3.8) is 0 Å². The quantitative estimate of drug-likeness (QED) is 0.786. The first-order chi connectivity index (χ1) is 8.16. The van der Waals surface area contributed by atoms with Gasteiger partial charge in [0.15, 0.2) is 5.82 Å². The van der Waals surface area contributed by atoms with Crippen molar-refractivity contribution in [2.45, 2.75) is 39.2 Å². The summed E-state index contributed by atoms with van der Waals surface area (Å²) in [5.74, 6) is 2.23. The highest BCUT2D eigenvalue weighted by molar-refractivity contribution is 5.83. The molecule has 0 saturated carbocycles. The van der Waals surface area contributed by atoms with Gasteiger partial charge in [-0.3, -0.25) is 4.99 Å². The van der Waals surface area contributed by atoms with Gasteiger partial charge in [0, 0.05) is 18.2 Å². The number of aliphatic imine (C=N–C) groups is 1. The van der Waals surface area contributed by atoms with Gasteiger partial charge in [0.1, 0.15) is 5.84 Å². The molecule has 6 heteroatoms. The minimum atomic E-state index is 0.297. The van der Waals surface area contributed by atoms with E-state index in [9.17, 15) is 0 Å². The Balaban J connectivity index is 1.93. The number of allylic oxidation sites excluding steroid dienone is 1. The van der Waals surface area contributed by atoms with Gasteiger partial charge in [0.25, 0.3) is 0 Å². The molecule has 2 aliphatic heterocycles. The van der Waals surface area contributed by atoms with Crippen LogP contribution in [0.4, 0.5) is 0 Å². The third kappa shape index (κ3) is 1.55. The fraction of sp³-hybridized carbons (Fsp3) is 0.636. The molecule has 90 valence electrons. The van der Waals surface area contributed by atoms with E-state index in [4.69, 9.17) is 0 Å². The van der Waals surface area contributed by atoms with E-state index in [1.165, 1.54) is 11.3 Å². The zero-order chi connectivity index (χ0) is 12.0. The summed E-state index contributed by atoms with van der Waals surface area (Å²) in [6.45, 7) is 7.29. The van der Waals surface area contributed by atoms with Crippen LogP contribution in [0.25, 0.3) is 0 Å². The second kappa shape index (κ2) is 3.65. The van der Waals surface area contributed by atoms with Crippen LogP contribution < -0.4 is 0 Å². The lowest BCUT2D eigenvalue weighted by molar-refractivity contribution is 0.525. The molecule has 1 aromatic rings. The Morgan fingerprint density at radius 2 is 2.18 bits per heavy atom. The molecule has 0 bridgehead atoms. The van der Waals surface area contributed by atoms with Gasteiger partial charge in [-0.2, -0.15) is 5.21 Å². The number of fused-ring (bicyclic) bond motifs is 1. The lowest BCUT2D eigenvalue weighted by atomic mass is 10.0. The summed E-state index contributed by atoms with van der Waals surface area (Å²) in [7, 11) is 0. The van der Waals surface area contributed by atoms with Gasteiger partial charge in [0.2, 0.25) is 0 Å². The average Bonchev–Trinajstić information content (AvgIpc) is 2.94. The fourth-order valence-corrected chi connectivity index (χ4v) is 2.64. The molecule has 0 aliphatic carbocycles. The molecule has 0 radical (unpaired) electrons. The average molecular weight is 232 g/mol. The number of aromatic nitrogens is 4. The molecule has 1 fully saturated rings. The molecule has 0 amide bonds. The van der Waals surface area contributed by atoms with E-state index in [1.807, 2.05) is 0 Å². The van der Waals surface area contributed by atoms with Crippen LogP contribution in [0.5, 0.6) is 0 Å². The third-order valence-corrected chi connectivity index (χ3v) is 3.75. The molecule has 0 spiro atoms. The van der Waals surface area contributed by atoms with Crippen molar-refractivity contribution in [1.29, 1.82) is 0 Å². The van der Waals surface area contributed by atoms with Crippen molar-refractivity contribution < 1.29 is 0 Å². The maximum absolute atomic E-state index is 4.64. The van der Waals surface area contributed by atoms with Gasteiger partial charge in [0.05, 0.1) is 6.04 Å². The molecule has 17 heavy (non-hydrogen) atoms. The SMILES string of the molecule is CC1=N[C@@H](C)C(C)=C2C[C@H](c3nn[nH]n3)CN12. The predicted octanol–water partition coefficient (Wildman–Crippen LogP) is 1.08. The Hall–Kier alpha value is -1.72. The zero-order valence-corrected chi connectivity index (χ0v) is 10.3. The minimum absolute atomic E-state index is 0.297. The summed E-state index contributed by atoms with van der Waals surface area (Å²) in [6.07, 6.45) is 0.989. The first kappa shape index (κ1) is 10.4. The summed E-state index contributed by atoms with van der Waals surface area (Å²) in [6, 6.07) is 0.297. The second-order valence-corrected chi connectivity index (χ2v) is 4.76. The first-order valence-corrected chi connectivity index (χ1v) is 5.91. The summed E-state index contributed by atoms with van der Waals surface area (Å²) in [4.78, 5) is 6.93. The van der Waals surface area contributed by atoms with Crippen molar-refractivity contribution in [3.05, 3.63) is 17.1 Å². The van der Waals surface area contributed by atoms with E-state index < -0.39 is 0 Å². The van der Waals surface area contributed by atoms with Crippen LogP contribution in [0.3, 0.4) is 0 Å². The van der Waals surface area contributed by atoms with Gasteiger partial charge in [-0.1, -0.05) is 5.21 Å². The van der Waals surface area contributed by atoms with E-state index in [0.29, 0.717) is 12.0 Å². The summed E-state index contributed by atoms with van der Waals surface area (Å²) in [5.41, 5.74) is 2.75. The van der Waals surface area contributed by atoms with Gasteiger partial charge in [-0.05, 0) is 32.8 Å². The highest BCUT2D eigenvalue weighted by Crippen LogP contribution is 2.37. The Labute approximate surface area is 99.8 Å². The van der Waals surface area contributed by atoms with Gasteiger partial charge in [-0.15, -0.1) is 10.2 Å². The largest absolute Gasteiger partial charge is 0.333 e. The van der Waals surface area contributed by atoms with E-state index in [-0.39, 0.29) is 0 Å². The maximum Gasteiger partial charge on any atom is 0.179 e. The van der Waals surface area contributed by atoms with Crippen LogP contribution in [-0.4, -0.2) is 43.9 Å². The summed E-state index contributed by atoms with van der Waals surface area (Å²) < 4.78 is 0. The molecular formula is C11H16N6. The van der Waals surface area contributed by atoms with Crippen molar-refractivity contribution in [2.75, 3.05) is 6.54 Å². The first-order valence-electron chi connectivity index (χ1n) is 5.91. The van der Waals surface area contributed by atoms with E-state index in [1.54, 1.807) is 0 Å². The monoisotopic (exact) mass is 232 g/mol. The lowest BCUT2D eigenvalue weighted by Gasteiger charge is -2.28. The lowest BCUT2D eigenvalue weighted by Crippen LogP contribution is -2.31. The highest BCUT2D eigenvalue weighted by Gasteiger charge is 2.35. The van der Waals surface area contributed by atoms with Crippen LogP contribution in [0.1, 0.15) is 38.9 Å². The van der Waals surface area contributed by atoms with Gasteiger partial charge < -0.3 is 4.90 Å². The molecular weight excluding hydrogens is 216 g/mol. The molecule has 3 heterocycles. The topological polar surface area (TPSA) is 70.1 Å². The van der Waals surface area contributed by atoms with E-state index in [0.717, 1.165) is 24.6 Å². The molecule has 1 saturated heterocycles. The molecule has 1 aromatic heterocycles. The number of nitrogens with zero attached hydrogens (tertiary/aromatic N) is 5. The number of rotatable bonds is 1. The summed E-state index contributed by atoms with van der Waals surface area (Å²) >= 11 is 0. The van der Waals surface area contributed by atoms with Crippen molar-refractivity contribution >= 4 is 5.84 Å². The van der Waals surface area contributed by atoms with Crippen LogP contribution in [0.15, 0.2) is 16.3 Å². The number of H-pyrrole nitrogens is 1. The van der Waals surface area contributed by atoms with Crippen molar-refractivity contribution in [3.8, 4) is 0 Å². The van der Waals surface area contributed by atoms with E-state index in [2.05, 4.69) is 51.3 Å².